The van der Waals surface area contributed by atoms with E-state index in [0.29, 0.717) is 12.5 Å². The number of hydrogen-bond donors (Lipinski definition) is 1. The van der Waals surface area contributed by atoms with Gasteiger partial charge in [-0.2, -0.15) is 0 Å². The van der Waals surface area contributed by atoms with Crippen molar-refractivity contribution in [1.29, 1.82) is 0 Å². The smallest absolute Gasteiger partial charge is 0.177 e. The second-order valence-electron chi connectivity index (χ2n) is 5.15. The first-order valence-corrected chi connectivity index (χ1v) is 7.35. The van der Waals surface area contributed by atoms with Gasteiger partial charge in [0, 0.05) is 28.5 Å². The normalized spacial score (nSPS) is 20.5. The highest BCUT2D eigenvalue weighted by molar-refractivity contribution is 7.12. The van der Waals surface area contributed by atoms with E-state index in [9.17, 15) is 4.79 Å². The minimum absolute atomic E-state index is 0.237. The minimum Gasteiger partial charge on any atom is -0.396 e. The van der Waals surface area contributed by atoms with Crippen molar-refractivity contribution in [3.63, 3.8) is 0 Å². The fourth-order valence-electron chi connectivity index (χ4n) is 2.67. The van der Waals surface area contributed by atoms with Crippen LogP contribution in [0.2, 0.25) is 0 Å². The lowest BCUT2D eigenvalue weighted by Gasteiger charge is -2.14. The van der Waals surface area contributed by atoms with Crippen LogP contribution >= 0.6 is 11.3 Å². The summed E-state index contributed by atoms with van der Waals surface area (Å²) in [6.45, 7) is 6.78. The van der Waals surface area contributed by atoms with E-state index < -0.39 is 0 Å². The molecule has 1 aromatic rings. The van der Waals surface area contributed by atoms with Crippen LogP contribution in [0.15, 0.2) is 6.07 Å². The lowest BCUT2D eigenvalue weighted by molar-refractivity contribution is 0.0942. The van der Waals surface area contributed by atoms with Crippen LogP contribution in [0.4, 0.5) is 0 Å². The van der Waals surface area contributed by atoms with Crippen LogP contribution in [0.5, 0.6) is 0 Å². The topological polar surface area (TPSA) is 40.5 Å². The lowest BCUT2D eigenvalue weighted by atomic mass is 10.1. The Morgan fingerprint density at radius 2 is 2.33 bits per heavy atom. The number of aliphatic hydroxyl groups excluding tert-OH is 1. The highest BCUT2D eigenvalue weighted by atomic mass is 32.1. The molecule has 0 radical (unpaired) electrons. The number of likely N-dealkylation sites (tertiary alicyclic amines) is 1. The summed E-state index contributed by atoms with van der Waals surface area (Å²) in [5.74, 6) is 0.801. The summed E-state index contributed by atoms with van der Waals surface area (Å²) in [6.07, 6.45) is 1.97. The van der Waals surface area contributed by atoms with E-state index in [0.717, 1.165) is 36.4 Å². The number of aliphatic hydroxyl groups is 1. The molecule has 0 amide bonds. The molecule has 1 fully saturated rings. The highest BCUT2D eigenvalue weighted by Crippen LogP contribution is 2.23. The van der Waals surface area contributed by atoms with Crippen molar-refractivity contribution in [2.75, 3.05) is 26.2 Å². The molecule has 1 aliphatic heterocycles. The minimum atomic E-state index is 0.237. The third-order valence-corrected chi connectivity index (χ3v) is 4.58. The SMILES string of the molecule is Cc1cc(C(=O)CN2CCC(CCO)C2)c(C)s1. The van der Waals surface area contributed by atoms with Gasteiger partial charge in [-0.25, -0.2) is 0 Å². The summed E-state index contributed by atoms with van der Waals surface area (Å²) in [7, 11) is 0. The number of nitrogens with zero attached hydrogens (tertiary/aromatic N) is 1. The van der Waals surface area contributed by atoms with Crippen LogP contribution in [0.3, 0.4) is 0 Å². The second-order valence-corrected chi connectivity index (χ2v) is 6.61. The molecule has 3 nitrogen and oxygen atoms in total. The predicted octanol–water partition coefficient (Wildman–Crippen LogP) is 2.25. The quantitative estimate of drug-likeness (QED) is 0.832. The largest absolute Gasteiger partial charge is 0.396 e. The van der Waals surface area contributed by atoms with Gasteiger partial charge in [0.15, 0.2) is 5.78 Å². The maximum Gasteiger partial charge on any atom is 0.177 e. The first-order valence-electron chi connectivity index (χ1n) is 6.53. The first-order chi connectivity index (χ1) is 8.60. The lowest BCUT2D eigenvalue weighted by Crippen LogP contribution is -2.28. The number of carbonyl (C=O) groups is 1. The molecule has 4 heteroatoms. The Morgan fingerprint density at radius 3 is 2.94 bits per heavy atom. The molecule has 1 aromatic heterocycles. The summed E-state index contributed by atoms with van der Waals surface area (Å²) in [5, 5.41) is 8.93. The van der Waals surface area contributed by atoms with E-state index >= 15 is 0 Å². The summed E-state index contributed by atoms with van der Waals surface area (Å²) in [6, 6.07) is 2.00. The Hall–Kier alpha value is -0.710. The number of ketones is 1. The molecule has 0 aliphatic carbocycles. The molecule has 0 aromatic carbocycles. The van der Waals surface area contributed by atoms with Gasteiger partial charge in [0.25, 0.3) is 0 Å². The van der Waals surface area contributed by atoms with Gasteiger partial charge < -0.3 is 5.11 Å². The summed E-state index contributed by atoms with van der Waals surface area (Å²) in [4.78, 5) is 16.8. The van der Waals surface area contributed by atoms with E-state index in [-0.39, 0.29) is 12.4 Å². The van der Waals surface area contributed by atoms with Crippen LogP contribution in [-0.2, 0) is 0 Å². The molecule has 1 atom stereocenters. The van der Waals surface area contributed by atoms with Gasteiger partial charge in [-0.3, -0.25) is 9.69 Å². The molecular weight excluding hydrogens is 246 g/mol. The molecule has 0 saturated carbocycles. The monoisotopic (exact) mass is 267 g/mol. The van der Waals surface area contributed by atoms with Gasteiger partial charge in [0.05, 0.1) is 6.54 Å². The molecular formula is C14H21NO2S. The number of rotatable bonds is 5. The van der Waals surface area contributed by atoms with E-state index in [1.54, 1.807) is 11.3 Å². The molecule has 0 bridgehead atoms. The standard InChI is InChI=1S/C14H21NO2S/c1-10-7-13(11(2)18-10)14(17)9-15-5-3-12(8-15)4-6-16/h7,12,16H,3-6,8-9H2,1-2H3. The van der Waals surface area contributed by atoms with Crippen LogP contribution in [0.1, 0.15) is 33.0 Å². The molecule has 1 saturated heterocycles. The Morgan fingerprint density at radius 1 is 1.56 bits per heavy atom. The summed E-state index contributed by atoms with van der Waals surface area (Å²) in [5.41, 5.74) is 0.892. The molecule has 18 heavy (non-hydrogen) atoms. The third kappa shape index (κ3) is 3.19. The zero-order chi connectivity index (χ0) is 13.1. The van der Waals surface area contributed by atoms with Gasteiger partial charge in [0.2, 0.25) is 0 Å². The maximum atomic E-state index is 12.2. The van der Waals surface area contributed by atoms with Gasteiger partial charge in [-0.1, -0.05) is 0 Å². The van der Waals surface area contributed by atoms with E-state index in [2.05, 4.69) is 4.90 Å². The Labute approximate surface area is 112 Å². The second kappa shape index (κ2) is 5.95. The Balaban J connectivity index is 1.91. The van der Waals surface area contributed by atoms with Crippen molar-refractivity contribution in [3.8, 4) is 0 Å². The Kier molecular flexibility index (Phi) is 4.54. The van der Waals surface area contributed by atoms with Gasteiger partial charge in [0.1, 0.15) is 0 Å². The molecule has 1 aliphatic rings. The van der Waals surface area contributed by atoms with Crippen molar-refractivity contribution in [2.45, 2.75) is 26.7 Å². The van der Waals surface area contributed by atoms with Crippen LogP contribution < -0.4 is 0 Å². The average molecular weight is 267 g/mol. The van der Waals surface area contributed by atoms with Crippen molar-refractivity contribution in [1.82, 2.24) is 4.90 Å². The fourth-order valence-corrected chi connectivity index (χ4v) is 3.61. The first kappa shape index (κ1) is 13.7. The van der Waals surface area contributed by atoms with E-state index in [1.165, 1.54) is 4.88 Å². The van der Waals surface area contributed by atoms with Crippen molar-refractivity contribution >= 4 is 17.1 Å². The van der Waals surface area contributed by atoms with Crippen molar-refractivity contribution in [2.24, 2.45) is 5.92 Å². The van der Waals surface area contributed by atoms with Crippen LogP contribution in [0, 0.1) is 19.8 Å². The zero-order valence-electron chi connectivity index (χ0n) is 11.1. The van der Waals surface area contributed by atoms with Crippen LogP contribution in [0.25, 0.3) is 0 Å². The summed E-state index contributed by atoms with van der Waals surface area (Å²) >= 11 is 1.69. The molecule has 2 rings (SSSR count). The van der Waals surface area contributed by atoms with Gasteiger partial charge in [-0.15, -0.1) is 11.3 Å². The van der Waals surface area contributed by atoms with Gasteiger partial charge in [-0.05, 0) is 45.2 Å². The average Bonchev–Trinajstić information content (AvgIpc) is 2.86. The van der Waals surface area contributed by atoms with E-state index in [4.69, 9.17) is 5.11 Å². The maximum absolute atomic E-state index is 12.2. The van der Waals surface area contributed by atoms with Crippen molar-refractivity contribution < 1.29 is 9.90 Å². The number of Topliss-reactive ketones (excluding diaryl/α,β-unsaturated/α-hetero) is 1. The zero-order valence-corrected chi connectivity index (χ0v) is 11.9. The third-order valence-electron chi connectivity index (χ3n) is 3.62. The van der Waals surface area contributed by atoms with Crippen molar-refractivity contribution in [3.05, 3.63) is 21.4 Å². The molecule has 1 unspecified atom stereocenters. The summed E-state index contributed by atoms with van der Waals surface area (Å²) < 4.78 is 0. The number of aryl methyl sites for hydroxylation is 2. The number of carbonyl (C=O) groups excluding carboxylic acids is 1. The fraction of sp³-hybridized carbons (Fsp3) is 0.643. The molecule has 1 N–H and O–H groups in total. The molecule has 0 spiro atoms. The molecule has 2 heterocycles. The predicted molar refractivity (Wildman–Crippen MR) is 74.4 cm³/mol. The molecule has 100 valence electrons. The highest BCUT2D eigenvalue weighted by Gasteiger charge is 2.24. The van der Waals surface area contributed by atoms with Gasteiger partial charge >= 0.3 is 0 Å². The number of thiophene rings is 1. The number of hydrogen-bond acceptors (Lipinski definition) is 4. The van der Waals surface area contributed by atoms with E-state index in [1.807, 2.05) is 19.9 Å². The van der Waals surface area contributed by atoms with Crippen LogP contribution in [-0.4, -0.2) is 42.0 Å². The Bertz CT molecular complexity index is 427.